The van der Waals surface area contributed by atoms with E-state index in [0.29, 0.717) is 19.5 Å². The van der Waals surface area contributed by atoms with Crippen LogP contribution < -0.4 is 11.1 Å². The van der Waals surface area contributed by atoms with Crippen molar-refractivity contribution in [1.82, 2.24) is 10.2 Å². The van der Waals surface area contributed by atoms with Gasteiger partial charge in [-0.05, 0) is 25.7 Å². The number of hydrogen-bond acceptors (Lipinski definition) is 3. The molecule has 102 valence electrons. The summed E-state index contributed by atoms with van der Waals surface area (Å²) in [6.45, 7) is 2.64. The smallest absolute Gasteiger partial charge is 0.318 e. The molecule has 7 nitrogen and oxygen atoms in total. The molecule has 0 aromatic carbocycles. The summed E-state index contributed by atoms with van der Waals surface area (Å²) < 4.78 is 0. The van der Waals surface area contributed by atoms with Crippen molar-refractivity contribution in [3.8, 4) is 0 Å². The average molecular weight is 257 g/mol. The van der Waals surface area contributed by atoms with E-state index in [1.807, 2.05) is 0 Å². The number of nitrogens with two attached hydrogens (primary N) is 1. The van der Waals surface area contributed by atoms with Gasteiger partial charge in [-0.3, -0.25) is 9.59 Å². The molecule has 1 aliphatic rings. The lowest BCUT2D eigenvalue weighted by molar-refractivity contribution is -0.137. The van der Waals surface area contributed by atoms with Crippen LogP contribution in [-0.4, -0.2) is 47.0 Å². The first-order valence-electron chi connectivity index (χ1n) is 5.96. The topological polar surface area (TPSA) is 113 Å². The Hall–Kier alpha value is -1.79. The molecular formula is C11H19N3O4. The summed E-state index contributed by atoms with van der Waals surface area (Å²) in [5, 5.41) is 11.1. The number of carbonyl (C=O) groups excluding carboxylic acids is 2. The maximum atomic E-state index is 11.7. The van der Waals surface area contributed by atoms with Gasteiger partial charge < -0.3 is 21.1 Å². The quantitative estimate of drug-likeness (QED) is 0.630. The van der Waals surface area contributed by atoms with Crippen LogP contribution in [0.15, 0.2) is 0 Å². The number of amides is 3. The monoisotopic (exact) mass is 257 g/mol. The van der Waals surface area contributed by atoms with Gasteiger partial charge in [0.1, 0.15) is 6.04 Å². The molecule has 0 aromatic heterocycles. The highest BCUT2D eigenvalue weighted by atomic mass is 16.4. The van der Waals surface area contributed by atoms with Crippen LogP contribution >= 0.6 is 0 Å². The van der Waals surface area contributed by atoms with Crippen molar-refractivity contribution in [3.63, 3.8) is 0 Å². The fourth-order valence-electron chi connectivity index (χ4n) is 1.93. The van der Waals surface area contributed by atoms with Crippen molar-refractivity contribution in [2.24, 2.45) is 11.7 Å². The van der Waals surface area contributed by atoms with Crippen molar-refractivity contribution in [3.05, 3.63) is 0 Å². The first-order valence-corrected chi connectivity index (χ1v) is 5.96. The minimum Gasteiger partial charge on any atom is -0.481 e. The number of carbonyl (C=O) groups is 3. The second-order valence-corrected chi connectivity index (χ2v) is 4.61. The molecule has 1 heterocycles. The Bertz CT molecular complexity index is 345. The van der Waals surface area contributed by atoms with E-state index in [1.54, 1.807) is 4.90 Å². The first-order chi connectivity index (χ1) is 8.40. The molecule has 3 amide bonds. The van der Waals surface area contributed by atoms with Crippen LogP contribution in [0.3, 0.4) is 0 Å². The molecule has 0 spiro atoms. The van der Waals surface area contributed by atoms with Gasteiger partial charge >= 0.3 is 12.0 Å². The molecule has 18 heavy (non-hydrogen) atoms. The van der Waals surface area contributed by atoms with Gasteiger partial charge in [-0.1, -0.05) is 0 Å². The molecule has 1 saturated heterocycles. The van der Waals surface area contributed by atoms with Crippen molar-refractivity contribution in [2.45, 2.75) is 32.2 Å². The largest absolute Gasteiger partial charge is 0.481 e. The van der Waals surface area contributed by atoms with E-state index in [-0.39, 0.29) is 18.4 Å². The Morgan fingerprint density at radius 1 is 1.50 bits per heavy atom. The molecule has 4 N–H and O–H groups in total. The predicted octanol–water partition coefficient (Wildman–Crippen LogP) is -0.243. The number of likely N-dealkylation sites (tertiary alicyclic amines) is 1. The molecular weight excluding hydrogens is 238 g/mol. The number of urea groups is 1. The van der Waals surface area contributed by atoms with E-state index in [2.05, 4.69) is 5.32 Å². The summed E-state index contributed by atoms with van der Waals surface area (Å²) in [4.78, 5) is 34.6. The average Bonchev–Trinajstić information content (AvgIpc) is 2.74. The SMILES string of the molecule is CC(NC(=O)N1CCC(CCC(=O)O)C1)C(N)=O. The number of nitrogens with zero attached hydrogens (tertiary/aromatic N) is 1. The molecule has 2 unspecified atom stereocenters. The summed E-state index contributed by atoms with van der Waals surface area (Å²) >= 11 is 0. The second-order valence-electron chi connectivity index (χ2n) is 4.61. The van der Waals surface area contributed by atoms with E-state index >= 15 is 0 Å². The molecule has 0 saturated carbocycles. The van der Waals surface area contributed by atoms with Gasteiger partial charge in [-0.15, -0.1) is 0 Å². The molecule has 0 bridgehead atoms. The summed E-state index contributed by atoms with van der Waals surface area (Å²) in [5.74, 6) is -1.18. The Kier molecular flexibility index (Phi) is 4.94. The van der Waals surface area contributed by atoms with Crippen LogP contribution in [0, 0.1) is 5.92 Å². The Balaban J connectivity index is 2.34. The number of carboxylic acids is 1. The van der Waals surface area contributed by atoms with Gasteiger partial charge in [0.15, 0.2) is 0 Å². The van der Waals surface area contributed by atoms with Crippen LogP contribution in [0.2, 0.25) is 0 Å². The third-order valence-electron chi connectivity index (χ3n) is 3.11. The number of carboxylic acid groups (broad SMARTS) is 1. The van der Waals surface area contributed by atoms with Gasteiger partial charge in [0.05, 0.1) is 0 Å². The number of hydrogen-bond donors (Lipinski definition) is 3. The zero-order valence-corrected chi connectivity index (χ0v) is 10.4. The highest BCUT2D eigenvalue weighted by Gasteiger charge is 2.27. The zero-order chi connectivity index (χ0) is 13.7. The number of aliphatic carboxylic acids is 1. The van der Waals surface area contributed by atoms with Crippen LogP contribution in [0.1, 0.15) is 26.2 Å². The lowest BCUT2D eigenvalue weighted by Crippen LogP contribution is -2.47. The van der Waals surface area contributed by atoms with Crippen molar-refractivity contribution in [2.75, 3.05) is 13.1 Å². The molecule has 1 rings (SSSR count). The minimum absolute atomic E-state index is 0.123. The van der Waals surface area contributed by atoms with Crippen molar-refractivity contribution >= 4 is 17.9 Å². The number of primary amides is 1. The Morgan fingerprint density at radius 3 is 2.72 bits per heavy atom. The first kappa shape index (κ1) is 14.3. The van der Waals surface area contributed by atoms with Crippen molar-refractivity contribution < 1.29 is 19.5 Å². The highest BCUT2D eigenvalue weighted by molar-refractivity contribution is 5.85. The van der Waals surface area contributed by atoms with E-state index in [0.717, 1.165) is 6.42 Å². The molecule has 1 fully saturated rings. The van der Waals surface area contributed by atoms with E-state index in [4.69, 9.17) is 10.8 Å². The fraction of sp³-hybridized carbons (Fsp3) is 0.727. The van der Waals surface area contributed by atoms with E-state index in [1.165, 1.54) is 6.92 Å². The lowest BCUT2D eigenvalue weighted by atomic mass is 10.0. The van der Waals surface area contributed by atoms with Gasteiger partial charge in [-0.2, -0.15) is 0 Å². The number of rotatable bonds is 5. The Labute approximate surface area is 105 Å². The number of nitrogens with one attached hydrogen (secondary N) is 1. The molecule has 0 aliphatic carbocycles. The molecule has 7 heteroatoms. The van der Waals surface area contributed by atoms with Crippen LogP contribution in [0.25, 0.3) is 0 Å². The van der Waals surface area contributed by atoms with E-state index in [9.17, 15) is 14.4 Å². The van der Waals surface area contributed by atoms with Gasteiger partial charge in [0, 0.05) is 19.5 Å². The standard InChI is InChI=1S/C11H19N3O4/c1-7(10(12)17)13-11(18)14-5-4-8(6-14)2-3-9(15)16/h7-8H,2-6H2,1H3,(H2,12,17)(H,13,18)(H,15,16). The third-order valence-corrected chi connectivity index (χ3v) is 3.11. The summed E-state index contributed by atoms with van der Waals surface area (Å²) in [6.07, 6.45) is 1.49. The Morgan fingerprint density at radius 2 is 2.17 bits per heavy atom. The summed E-state index contributed by atoms with van der Waals surface area (Å²) in [7, 11) is 0. The van der Waals surface area contributed by atoms with Gasteiger partial charge in [-0.25, -0.2) is 4.79 Å². The van der Waals surface area contributed by atoms with Crippen molar-refractivity contribution in [1.29, 1.82) is 0 Å². The maximum Gasteiger partial charge on any atom is 0.318 e. The van der Waals surface area contributed by atoms with Gasteiger partial charge in [0.2, 0.25) is 5.91 Å². The zero-order valence-electron chi connectivity index (χ0n) is 10.4. The molecule has 2 atom stereocenters. The lowest BCUT2D eigenvalue weighted by Gasteiger charge is -2.19. The minimum atomic E-state index is -0.819. The molecule has 1 aliphatic heterocycles. The second kappa shape index (κ2) is 6.23. The fourth-order valence-corrected chi connectivity index (χ4v) is 1.93. The molecule has 0 aromatic rings. The molecule has 0 radical (unpaired) electrons. The van der Waals surface area contributed by atoms with E-state index < -0.39 is 17.9 Å². The van der Waals surface area contributed by atoms with Gasteiger partial charge in [0.25, 0.3) is 0 Å². The van der Waals surface area contributed by atoms with Crippen LogP contribution in [0.5, 0.6) is 0 Å². The third kappa shape index (κ3) is 4.23. The predicted molar refractivity (Wildman–Crippen MR) is 63.7 cm³/mol. The summed E-state index contributed by atoms with van der Waals surface area (Å²) in [5.41, 5.74) is 5.05. The highest BCUT2D eigenvalue weighted by Crippen LogP contribution is 2.20. The van der Waals surface area contributed by atoms with Crippen LogP contribution in [-0.2, 0) is 9.59 Å². The normalized spacial score (nSPS) is 20.5. The van der Waals surface area contributed by atoms with Crippen LogP contribution in [0.4, 0.5) is 4.79 Å². The summed E-state index contributed by atoms with van der Waals surface area (Å²) in [6, 6.07) is -1.02. The maximum absolute atomic E-state index is 11.7.